The van der Waals surface area contributed by atoms with E-state index in [2.05, 4.69) is 5.32 Å². The fourth-order valence-corrected chi connectivity index (χ4v) is 5.96. The van der Waals surface area contributed by atoms with Gasteiger partial charge < -0.3 is 10.2 Å². The fraction of sp³-hybridized carbons (Fsp3) is 0.680. The van der Waals surface area contributed by atoms with Crippen molar-refractivity contribution in [2.24, 2.45) is 11.8 Å². The Bertz CT molecular complexity index is 889. The van der Waals surface area contributed by atoms with Crippen LogP contribution in [0.15, 0.2) is 24.3 Å². The lowest BCUT2D eigenvalue weighted by Gasteiger charge is -2.33. The van der Waals surface area contributed by atoms with Gasteiger partial charge in [0.25, 0.3) is 0 Å². The van der Waals surface area contributed by atoms with Gasteiger partial charge in [-0.1, -0.05) is 31.4 Å². The topological polar surface area (TPSA) is 83.6 Å². The molecule has 3 rings (SSSR count). The molecule has 0 spiro atoms. The fourth-order valence-electron chi connectivity index (χ4n) is 4.51. The number of sulfone groups is 1. The van der Waals surface area contributed by atoms with Gasteiger partial charge in [-0.25, -0.2) is 8.42 Å². The van der Waals surface area contributed by atoms with Crippen molar-refractivity contribution in [1.82, 2.24) is 4.90 Å². The molecule has 1 aliphatic heterocycles. The maximum atomic E-state index is 12.7. The maximum absolute atomic E-state index is 12.7. The predicted octanol–water partition coefficient (Wildman–Crippen LogP) is 4.20. The van der Waals surface area contributed by atoms with E-state index >= 15 is 0 Å². The van der Waals surface area contributed by atoms with Crippen molar-refractivity contribution < 1.29 is 18.0 Å². The summed E-state index contributed by atoms with van der Waals surface area (Å²) >= 11 is 0. The monoisotopic (exact) mass is 462 g/mol. The van der Waals surface area contributed by atoms with Crippen LogP contribution < -0.4 is 5.32 Å². The summed E-state index contributed by atoms with van der Waals surface area (Å²) in [5.74, 6) is 0.611. The number of nitrogens with one attached hydrogen (secondary N) is 1. The Hall–Kier alpha value is -1.89. The van der Waals surface area contributed by atoms with E-state index in [0.29, 0.717) is 19.5 Å². The summed E-state index contributed by atoms with van der Waals surface area (Å²) in [6, 6.07) is 7.54. The van der Waals surface area contributed by atoms with Gasteiger partial charge in [-0.05, 0) is 70.1 Å². The number of benzene rings is 1. The minimum atomic E-state index is -3.14. The second-order valence-electron chi connectivity index (χ2n) is 10.4. The second kappa shape index (κ2) is 10.4. The van der Waals surface area contributed by atoms with Gasteiger partial charge in [-0.3, -0.25) is 9.59 Å². The van der Waals surface area contributed by atoms with Crippen molar-refractivity contribution >= 4 is 27.3 Å². The Morgan fingerprint density at radius 1 is 0.969 bits per heavy atom. The third-order valence-corrected chi connectivity index (χ3v) is 9.68. The highest BCUT2D eigenvalue weighted by Gasteiger charge is 2.33. The van der Waals surface area contributed by atoms with Crippen LogP contribution >= 0.6 is 0 Å². The molecule has 0 radical (unpaired) electrons. The molecule has 7 heteroatoms. The molecule has 178 valence electrons. The van der Waals surface area contributed by atoms with Crippen molar-refractivity contribution in [2.75, 3.05) is 24.2 Å². The Labute approximate surface area is 193 Å². The number of hydrogen-bond donors (Lipinski definition) is 1. The number of carbonyl (C=O) groups is 2. The number of nitrogens with zero attached hydrogens (tertiary/aromatic N) is 1. The molecular formula is C25H38N2O4S. The highest BCUT2D eigenvalue weighted by Crippen LogP contribution is 2.26. The summed E-state index contributed by atoms with van der Waals surface area (Å²) in [4.78, 5) is 27.0. The molecule has 32 heavy (non-hydrogen) atoms. The number of carbonyl (C=O) groups excluding carboxylic acids is 2. The molecule has 1 aliphatic carbocycles. The summed E-state index contributed by atoms with van der Waals surface area (Å²) in [6.07, 6.45) is 7.20. The summed E-state index contributed by atoms with van der Waals surface area (Å²) in [7, 11) is -3.14. The number of amides is 2. The van der Waals surface area contributed by atoms with E-state index in [9.17, 15) is 18.0 Å². The van der Waals surface area contributed by atoms with E-state index in [1.807, 2.05) is 29.2 Å². The third-order valence-electron chi connectivity index (χ3n) is 6.91. The molecule has 2 aliphatic rings. The van der Waals surface area contributed by atoms with Crippen LogP contribution in [0.5, 0.6) is 0 Å². The predicted molar refractivity (Wildman–Crippen MR) is 128 cm³/mol. The van der Waals surface area contributed by atoms with E-state index in [1.54, 1.807) is 20.8 Å². The zero-order valence-electron chi connectivity index (χ0n) is 19.7. The normalized spacial score (nSPS) is 19.0. The van der Waals surface area contributed by atoms with Crippen LogP contribution in [0, 0.1) is 11.8 Å². The van der Waals surface area contributed by atoms with E-state index < -0.39 is 14.6 Å². The Morgan fingerprint density at radius 3 is 2.12 bits per heavy atom. The van der Waals surface area contributed by atoms with Gasteiger partial charge in [0.15, 0.2) is 9.84 Å². The molecule has 1 aromatic carbocycles. The van der Waals surface area contributed by atoms with Crippen LogP contribution in [0.2, 0.25) is 0 Å². The van der Waals surface area contributed by atoms with Gasteiger partial charge in [0.2, 0.25) is 11.8 Å². The first kappa shape index (κ1) is 24.7. The average molecular weight is 463 g/mol. The lowest BCUT2D eigenvalue weighted by Crippen LogP contribution is -2.42. The van der Waals surface area contributed by atoms with Crippen LogP contribution in [0.3, 0.4) is 0 Å². The quantitative estimate of drug-likeness (QED) is 0.687. The Morgan fingerprint density at radius 2 is 1.56 bits per heavy atom. The highest BCUT2D eigenvalue weighted by atomic mass is 32.2. The zero-order chi connectivity index (χ0) is 23.4. The molecular weight excluding hydrogens is 424 g/mol. The average Bonchev–Trinajstić information content (AvgIpc) is 2.75. The maximum Gasteiger partial charge on any atom is 0.227 e. The van der Waals surface area contributed by atoms with Crippen LogP contribution in [-0.4, -0.2) is 48.7 Å². The van der Waals surface area contributed by atoms with E-state index in [-0.39, 0.29) is 29.4 Å². The zero-order valence-corrected chi connectivity index (χ0v) is 20.5. The number of rotatable bonds is 6. The van der Waals surface area contributed by atoms with Gasteiger partial charge in [0.05, 0.1) is 16.9 Å². The van der Waals surface area contributed by atoms with Crippen molar-refractivity contribution in [2.45, 2.75) is 76.9 Å². The molecule has 2 fully saturated rings. The first-order valence-corrected chi connectivity index (χ1v) is 13.6. The summed E-state index contributed by atoms with van der Waals surface area (Å²) in [5, 5.41) is 3.01. The molecule has 0 atom stereocenters. The first-order valence-electron chi connectivity index (χ1n) is 11.9. The minimum Gasteiger partial charge on any atom is -0.342 e. The number of likely N-dealkylation sites (tertiary alicyclic amines) is 1. The van der Waals surface area contributed by atoms with E-state index in [1.165, 1.54) is 6.42 Å². The van der Waals surface area contributed by atoms with Crippen LogP contribution in [-0.2, 0) is 25.8 Å². The standard InChI is InChI=1S/C25H38N2O4S/c1-25(2,3)32(30,31)18-20-13-15-27(16-14-20)23(28)17-19-9-11-22(12-10-19)26-24(29)21-7-5-4-6-8-21/h9-12,20-21H,4-8,13-18H2,1-3H3,(H,26,29). The molecule has 2 amide bonds. The molecule has 1 N–H and O–H groups in total. The van der Waals surface area contributed by atoms with Crippen molar-refractivity contribution in [3.8, 4) is 0 Å². The smallest absolute Gasteiger partial charge is 0.227 e. The summed E-state index contributed by atoms with van der Waals surface area (Å²) in [6.45, 7) is 6.45. The van der Waals surface area contributed by atoms with Crippen molar-refractivity contribution in [3.05, 3.63) is 29.8 Å². The molecule has 0 bridgehead atoms. The summed E-state index contributed by atoms with van der Waals surface area (Å²) < 4.78 is 24.2. The van der Waals surface area contributed by atoms with Gasteiger partial charge >= 0.3 is 0 Å². The molecule has 1 saturated carbocycles. The molecule has 1 heterocycles. The molecule has 1 aromatic rings. The first-order chi connectivity index (χ1) is 15.0. The van der Waals surface area contributed by atoms with Gasteiger partial charge in [-0.15, -0.1) is 0 Å². The molecule has 6 nitrogen and oxygen atoms in total. The highest BCUT2D eigenvalue weighted by molar-refractivity contribution is 7.92. The molecule has 0 unspecified atom stereocenters. The van der Waals surface area contributed by atoms with Crippen LogP contribution in [0.1, 0.15) is 71.3 Å². The van der Waals surface area contributed by atoms with Crippen LogP contribution in [0.4, 0.5) is 5.69 Å². The Balaban J connectivity index is 1.45. The van der Waals surface area contributed by atoms with E-state index in [4.69, 9.17) is 0 Å². The van der Waals surface area contributed by atoms with Gasteiger partial charge in [0, 0.05) is 24.7 Å². The second-order valence-corrected chi connectivity index (χ2v) is 13.2. The SMILES string of the molecule is CC(C)(C)S(=O)(=O)CC1CCN(C(=O)Cc2ccc(NC(=O)C3CCCCC3)cc2)CC1. The minimum absolute atomic E-state index is 0.0705. The van der Waals surface area contributed by atoms with Gasteiger partial charge in [-0.2, -0.15) is 0 Å². The van der Waals surface area contributed by atoms with Gasteiger partial charge in [0.1, 0.15) is 0 Å². The van der Waals surface area contributed by atoms with Crippen molar-refractivity contribution in [3.63, 3.8) is 0 Å². The lowest BCUT2D eigenvalue weighted by atomic mass is 9.88. The molecule has 0 aromatic heterocycles. The number of hydrogen-bond acceptors (Lipinski definition) is 4. The van der Waals surface area contributed by atoms with Crippen LogP contribution in [0.25, 0.3) is 0 Å². The van der Waals surface area contributed by atoms with E-state index in [0.717, 1.165) is 49.8 Å². The number of anilines is 1. The third kappa shape index (κ3) is 6.56. The molecule has 1 saturated heterocycles. The number of piperidine rings is 1. The lowest BCUT2D eigenvalue weighted by molar-refractivity contribution is -0.131. The van der Waals surface area contributed by atoms with Crippen molar-refractivity contribution in [1.29, 1.82) is 0 Å². The largest absolute Gasteiger partial charge is 0.342 e. The Kier molecular flexibility index (Phi) is 8.01. The summed E-state index contributed by atoms with van der Waals surface area (Å²) in [5.41, 5.74) is 1.70.